The average Bonchev–Trinajstić information content (AvgIpc) is 3.12. The molecule has 1 N–H and O–H groups in total. The maximum Gasteiger partial charge on any atom is 0.245 e. The van der Waals surface area contributed by atoms with E-state index in [4.69, 9.17) is 0 Å². The topological polar surface area (TPSA) is 80.1 Å². The molecule has 0 radical (unpaired) electrons. The maximum absolute atomic E-state index is 12.8. The third-order valence-corrected chi connectivity index (χ3v) is 4.28. The van der Waals surface area contributed by atoms with Crippen LogP contribution in [0.25, 0.3) is 5.69 Å². The number of hydrogen-bond donors (Lipinski definition) is 1. The summed E-state index contributed by atoms with van der Waals surface area (Å²) < 4.78 is 1.68. The first kappa shape index (κ1) is 18.6. The second kappa shape index (κ2) is 7.92. The van der Waals surface area contributed by atoms with Gasteiger partial charge in [-0.25, -0.2) is 9.67 Å². The molecule has 0 saturated heterocycles. The van der Waals surface area contributed by atoms with Crippen molar-refractivity contribution in [1.29, 1.82) is 0 Å². The average molecular weight is 343 g/mol. The van der Waals surface area contributed by atoms with Crippen LogP contribution in [0.1, 0.15) is 39.3 Å². The predicted octanol–water partition coefficient (Wildman–Crippen LogP) is 1.95. The van der Waals surface area contributed by atoms with Gasteiger partial charge in [-0.1, -0.05) is 26.0 Å². The van der Waals surface area contributed by atoms with Crippen LogP contribution >= 0.6 is 0 Å². The summed E-state index contributed by atoms with van der Waals surface area (Å²) >= 11 is 0. The molecule has 0 aliphatic rings. The van der Waals surface area contributed by atoms with Gasteiger partial charge in [-0.15, -0.1) is 0 Å². The van der Waals surface area contributed by atoms with Gasteiger partial charge in [0.2, 0.25) is 11.8 Å². The molecule has 25 heavy (non-hydrogen) atoms. The Hall–Kier alpha value is -2.70. The van der Waals surface area contributed by atoms with Crippen molar-refractivity contribution in [2.75, 3.05) is 7.05 Å². The van der Waals surface area contributed by atoms with E-state index in [1.54, 1.807) is 23.0 Å². The van der Waals surface area contributed by atoms with Gasteiger partial charge in [0.1, 0.15) is 18.7 Å². The number of benzene rings is 1. The Labute approximate surface area is 148 Å². The van der Waals surface area contributed by atoms with Crippen molar-refractivity contribution in [3.8, 4) is 5.69 Å². The smallest absolute Gasteiger partial charge is 0.245 e. The minimum absolute atomic E-state index is 0.0146. The van der Waals surface area contributed by atoms with Crippen molar-refractivity contribution in [2.45, 2.75) is 39.8 Å². The number of hydrogen-bond acceptors (Lipinski definition) is 4. The maximum atomic E-state index is 12.8. The van der Waals surface area contributed by atoms with Gasteiger partial charge in [-0.05, 0) is 30.5 Å². The number of rotatable bonds is 6. The molecule has 1 aromatic carbocycles. The van der Waals surface area contributed by atoms with Crippen molar-refractivity contribution in [1.82, 2.24) is 25.0 Å². The van der Waals surface area contributed by atoms with Crippen molar-refractivity contribution < 1.29 is 9.59 Å². The highest BCUT2D eigenvalue weighted by atomic mass is 16.2. The largest absolute Gasteiger partial charge is 0.344 e. The first-order valence-electron chi connectivity index (χ1n) is 8.30. The molecule has 2 atom stereocenters. The van der Waals surface area contributed by atoms with E-state index in [9.17, 15) is 9.59 Å². The first-order valence-corrected chi connectivity index (χ1v) is 8.30. The minimum atomic E-state index is -0.528. The lowest BCUT2D eigenvalue weighted by molar-refractivity contribution is -0.137. The number of aromatic nitrogens is 3. The van der Waals surface area contributed by atoms with Crippen molar-refractivity contribution in [3.63, 3.8) is 0 Å². The van der Waals surface area contributed by atoms with Gasteiger partial charge in [0.05, 0.1) is 11.7 Å². The van der Waals surface area contributed by atoms with Crippen LogP contribution in [-0.2, 0) is 9.59 Å². The highest BCUT2D eigenvalue weighted by Gasteiger charge is 2.28. The van der Waals surface area contributed by atoms with E-state index in [1.165, 1.54) is 13.3 Å². The van der Waals surface area contributed by atoms with Gasteiger partial charge in [-0.3, -0.25) is 9.59 Å². The third kappa shape index (κ3) is 4.43. The molecule has 2 aromatic rings. The summed E-state index contributed by atoms with van der Waals surface area (Å²) in [5, 5.41) is 6.84. The van der Waals surface area contributed by atoms with Crippen LogP contribution in [0.4, 0.5) is 0 Å². The number of amides is 2. The summed E-state index contributed by atoms with van der Waals surface area (Å²) in [7, 11) is 1.76. The van der Waals surface area contributed by atoms with Crippen LogP contribution in [0.5, 0.6) is 0 Å². The Morgan fingerprint density at radius 2 is 1.80 bits per heavy atom. The molecule has 1 aromatic heterocycles. The number of nitrogens with zero attached hydrogens (tertiary/aromatic N) is 4. The molecule has 0 aliphatic heterocycles. The molecule has 0 bridgehead atoms. The summed E-state index contributed by atoms with van der Waals surface area (Å²) in [4.78, 5) is 29.8. The van der Waals surface area contributed by atoms with Crippen molar-refractivity contribution in [3.05, 3.63) is 42.5 Å². The minimum Gasteiger partial charge on any atom is -0.344 e. The summed E-state index contributed by atoms with van der Waals surface area (Å²) in [6.45, 7) is 7.23. The Bertz CT molecular complexity index is 710. The Morgan fingerprint density at radius 3 is 2.28 bits per heavy atom. The van der Waals surface area contributed by atoms with E-state index in [2.05, 4.69) is 15.4 Å². The molecular weight excluding hydrogens is 318 g/mol. The van der Waals surface area contributed by atoms with Crippen LogP contribution < -0.4 is 5.32 Å². The quantitative estimate of drug-likeness (QED) is 0.869. The lowest BCUT2D eigenvalue weighted by atomic mass is 10.0. The normalized spacial score (nSPS) is 13.4. The molecule has 1 heterocycles. The monoisotopic (exact) mass is 343 g/mol. The Balaban J connectivity index is 2.13. The van der Waals surface area contributed by atoms with Gasteiger partial charge < -0.3 is 10.2 Å². The summed E-state index contributed by atoms with van der Waals surface area (Å²) in [6, 6.07) is 7.16. The lowest BCUT2D eigenvalue weighted by Gasteiger charge is -2.31. The van der Waals surface area contributed by atoms with Gasteiger partial charge >= 0.3 is 0 Å². The van der Waals surface area contributed by atoms with Crippen LogP contribution in [0.2, 0.25) is 0 Å². The van der Waals surface area contributed by atoms with Crippen molar-refractivity contribution >= 4 is 11.8 Å². The second-order valence-electron chi connectivity index (χ2n) is 6.48. The van der Waals surface area contributed by atoms with E-state index in [-0.39, 0.29) is 23.8 Å². The molecule has 2 amide bonds. The zero-order chi connectivity index (χ0) is 18.6. The zero-order valence-corrected chi connectivity index (χ0v) is 15.3. The Morgan fingerprint density at radius 1 is 1.16 bits per heavy atom. The summed E-state index contributed by atoms with van der Waals surface area (Å²) in [6.07, 6.45) is 3.12. The van der Waals surface area contributed by atoms with E-state index in [1.807, 2.05) is 45.0 Å². The highest BCUT2D eigenvalue weighted by molar-refractivity contribution is 5.87. The number of nitrogens with one attached hydrogen (secondary N) is 1. The van der Waals surface area contributed by atoms with E-state index in [0.29, 0.717) is 0 Å². The summed E-state index contributed by atoms with van der Waals surface area (Å²) in [5.41, 5.74) is 1.91. The number of carbonyl (C=O) groups excluding carboxylic acids is 2. The predicted molar refractivity (Wildman–Crippen MR) is 95.0 cm³/mol. The van der Waals surface area contributed by atoms with Gasteiger partial charge in [0.25, 0.3) is 0 Å². The van der Waals surface area contributed by atoms with Gasteiger partial charge in [0.15, 0.2) is 0 Å². The van der Waals surface area contributed by atoms with E-state index in [0.717, 1.165) is 11.3 Å². The fourth-order valence-corrected chi connectivity index (χ4v) is 2.61. The molecular formula is C18H25N5O2. The molecule has 0 spiro atoms. The number of carbonyl (C=O) groups is 2. The molecule has 134 valence electrons. The molecule has 0 saturated carbocycles. The fraction of sp³-hybridized carbons (Fsp3) is 0.444. The van der Waals surface area contributed by atoms with Crippen LogP contribution in [0, 0.1) is 5.92 Å². The van der Waals surface area contributed by atoms with E-state index < -0.39 is 6.04 Å². The fourth-order valence-electron chi connectivity index (χ4n) is 2.61. The molecule has 2 rings (SSSR count). The molecule has 0 aliphatic carbocycles. The molecule has 0 fully saturated rings. The van der Waals surface area contributed by atoms with Gasteiger partial charge in [-0.2, -0.15) is 5.10 Å². The Kier molecular flexibility index (Phi) is 5.90. The van der Waals surface area contributed by atoms with Crippen LogP contribution in [0.15, 0.2) is 36.9 Å². The van der Waals surface area contributed by atoms with E-state index >= 15 is 0 Å². The standard InChI is InChI=1S/C18H25N5O2/c1-12(2)17(21-14(4)24)18(25)22(5)13(3)15-6-8-16(9-7-15)23-11-19-10-20-23/h6-13,17H,1-5H3,(H,21,24)/t13-,17-/m0/s1. The van der Waals surface area contributed by atoms with Gasteiger partial charge in [0, 0.05) is 14.0 Å². The second-order valence-corrected chi connectivity index (χ2v) is 6.48. The zero-order valence-electron chi connectivity index (χ0n) is 15.3. The SMILES string of the molecule is CC(=O)N[C@H](C(=O)N(C)[C@@H](C)c1ccc(-n2cncn2)cc1)C(C)C. The van der Waals surface area contributed by atoms with Crippen molar-refractivity contribution in [2.24, 2.45) is 5.92 Å². The van der Waals surface area contributed by atoms with Crippen LogP contribution in [-0.4, -0.2) is 44.6 Å². The molecule has 0 unspecified atom stereocenters. The number of likely N-dealkylation sites (N-methyl/N-ethyl adjacent to an activating group) is 1. The molecule has 7 heteroatoms. The highest BCUT2D eigenvalue weighted by Crippen LogP contribution is 2.22. The van der Waals surface area contributed by atoms with Crippen LogP contribution in [0.3, 0.4) is 0 Å². The lowest BCUT2D eigenvalue weighted by Crippen LogP contribution is -2.50. The molecule has 7 nitrogen and oxygen atoms in total. The summed E-state index contributed by atoms with van der Waals surface area (Å²) in [5.74, 6) is -0.288. The third-order valence-electron chi connectivity index (χ3n) is 4.28. The first-order chi connectivity index (χ1) is 11.8.